The number of hydrogen-bond donors (Lipinski definition) is 1. The molecule has 1 aromatic heterocycles. The molecular weight excluding hydrogens is 244 g/mol. The maximum atomic E-state index is 12.4. The van der Waals surface area contributed by atoms with Gasteiger partial charge in [-0.25, -0.2) is 0 Å². The molecule has 2 aromatic carbocycles. The molecule has 3 aromatic rings. The first-order valence-electron chi connectivity index (χ1n) is 5.74. The van der Waals surface area contributed by atoms with Gasteiger partial charge < -0.3 is 5.11 Å². The Balaban J connectivity index is 2.69. The molecule has 0 radical (unpaired) electrons. The van der Waals surface area contributed by atoms with Crippen molar-refractivity contribution in [3.8, 4) is 5.75 Å². The van der Waals surface area contributed by atoms with Crippen LogP contribution in [0.25, 0.3) is 20.2 Å². The molecule has 1 heterocycles. The summed E-state index contributed by atoms with van der Waals surface area (Å²) < 4.78 is 1.85. The van der Waals surface area contributed by atoms with Crippen molar-refractivity contribution in [2.75, 3.05) is 0 Å². The molecule has 90 valence electrons. The Morgan fingerprint density at radius 1 is 1.17 bits per heavy atom. The Labute approximate surface area is 108 Å². The van der Waals surface area contributed by atoms with Crippen LogP contribution >= 0.6 is 11.3 Å². The fourth-order valence-electron chi connectivity index (χ4n) is 2.20. The van der Waals surface area contributed by atoms with E-state index in [1.165, 1.54) is 0 Å². The van der Waals surface area contributed by atoms with Crippen LogP contribution in [0.5, 0.6) is 5.75 Å². The van der Waals surface area contributed by atoms with Gasteiger partial charge in [-0.05, 0) is 43.2 Å². The third-order valence-corrected chi connectivity index (χ3v) is 4.63. The van der Waals surface area contributed by atoms with Gasteiger partial charge >= 0.3 is 0 Å². The number of benzene rings is 2. The summed E-state index contributed by atoms with van der Waals surface area (Å²) in [6.07, 6.45) is 0. The molecule has 2 nitrogen and oxygen atoms in total. The smallest absolute Gasteiger partial charge is 0.199 e. The molecule has 18 heavy (non-hydrogen) atoms. The van der Waals surface area contributed by atoms with Gasteiger partial charge in [0.2, 0.25) is 0 Å². The number of phenolic OH excluding ortho intramolecular Hbond substituents is 1. The van der Waals surface area contributed by atoms with Crippen molar-refractivity contribution < 1.29 is 5.11 Å². The summed E-state index contributed by atoms with van der Waals surface area (Å²) in [5.41, 5.74) is 1.99. The van der Waals surface area contributed by atoms with Gasteiger partial charge in [-0.2, -0.15) is 0 Å². The average molecular weight is 256 g/mol. The number of rotatable bonds is 0. The second kappa shape index (κ2) is 3.82. The Hall–Kier alpha value is -1.87. The summed E-state index contributed by atoms with van der Waals surface area (Å²) in [6.45, 7) is 3.93. The predicted molar refractivity (Wildman–Crippen MR) is 76.7 cm³/mol. The number of aryl methyl sites for hydroxylation is 2. The predicted octanol–water partition coefficient (Wildman–Crippen LogP) is 3.74. The molecule has 0 aliphatic heterocycles. The minimum Gasteiger partial charge on any atom is -0.507 e. The lowest BCUT2D eigenvalue weighted by Crippen LogP contribution is -2.02. The monoisotopic (exact) mass is 256 g/mol. The number of hydrogen-bond acceptors (Lipinski definition) is 3. The van der Waals surface area contributed by atoms with Gasteiger partial charge in [0.25, 0.3) is 0 Å². The highest BCUT2D eigenvalue weighted by Crippen LogP contribution is 2.33. The lowest BCUT2D eigenvalue weighted by molar-refractivity contribution is 0.481. The van der Waals surface area contributed by atoms with Crippen LogP contribution < -0.4 is 5.43 Å². The van der Waals surface area contributed by atoms with Crippen LogP contribution in [0.3, 0.4) is 0 Å². The van der Waals surface area contributed by atoms with E-state index in [0.717, 1.165) is 20.5 Å². The summed E-state index contributed by atoms with van der Waals surface area (Å²) in [5.74, 6) is 0.0834. The topological polar surface area (TPSA) is 37.3 Å². The van der Waals surface area contributed by atoms with Gasteiger partial charge in [0.15, 0.2) is 5.43 Å². The summed E-state index contributed by atoms with van der Waals surface area (Å²) in [7, 11) is 0. The van der Waals surface area contributed by atoms with E-state index in [1.807, 2.05) is 38.1 Å². The summed E-state index contributed by atoms with van der Waals surface area (Å²) in [6, 6.07) is 9.19. The van der Waals surface area contributed by atoms with Crippen LogP contribution in [-0.4, -0.2) is 5.11 Å². The molecule has 3 heteroatoms. The fraction of sp³-hybridized carbons (Fsp3) is 0.133. The molecule has 0 saturated carbocycles. The first kappa shape index (κ1) is 11.2. The maximum Gasteiger partial charge on any atom is 0.199 e. The second-order valence-electron chi connectivity index (χ2n) is 4.47. The fourth-order valence-corrected chi connectivity index (χ4v) is 3.45. The number of aromatic hydroxyl groups is 1. The second-order valence-corrected chi connectivity index (χ2v) is 5.52. The molecule has 0 unspecified atom stereocenters. The standard InChI is InChI=1S/C15H12O2S/c1-8-7-11(16)13-14(17)10-5-3-4-6-12(10)18-15(13)9(8)2/h3-7,16H,1-2H3. The molecule has 0 amide bonds. The zero-order valence-electron chi connectivity index (χ0n) is 10.2. The molecule has 0 saturated heterocycles. The molecule has 3 rings (SSSR count). The van der Waals surface area contributed by atoms with Crippen molar-refractivity contribution in [2.24, 2.45) is 0 Å². The van der Waals surface area contributed by atoms with Gasteiger partial charge in [-0.3, -0.25) is 4.79 Å². The normalized spacial score (nSPS) is 11.2. The van der Waals surface area contributed by atoms with Gasteiger partial charge in [0.05, 0.1) is 5.39 Å². The quantitative estimate of drug-likeness (QED) is 0.622. The van der Waals surface area contributed by atoms with Crippen molar-refractivity contribution in [3.63, 3.8) is 0 Å². The van der Waals surface area contributed by atoms with E-state index >= 15 is 0 Å². The van der Waals surface area contributed by atoms with Gasteiger partial charge in [-0.1, -0.05) is 12.1 Å². The third-order valence-electron chi connectivity index (χ3n) is 3.34. The minimum atomic E-state index is -0.0834. The van der Waals surface area contributed by atoms with Crippen LogP contribution in [0.15, 0.2) is 35.1 Å². The maximum absolute atomic E-state index is 12.4. The largest absolute Gasteiger partial charge is 0.507 e. The lowest BCUT2D eigenvalue weighted by Gasteiger charge is -2.08. The van der Waals surface area contributed by atoms with Crippen molar-refractivity contribution in [3.05, 3.63) is 51.7 Å². The van der Waals surface area contributed by atoms with E-state index in [4.69, 9.17) is 0 Å². The van der Waals surface area contributed by atoms with Crippen molar-refractivity contribution >= 4 is 31.5 Å². The zero-order chi connectivity index (χ0) is 12.9. The van der Waals surface area contributed by atoms with E-state index < -0.39 is 0 Å². The molecule has 1 N–H and O–H groups in total. The van der Waals surface area contributed by atoms with Crippen molar-refractivity contribution in [1.29, 1.82) is 0 Å². The van der Waals surface area contributed by atoms with Crippen molar-refractivity contribution in [1.82, 2.24) is 0 Å². The Kier molecular flexibility index (Phi) is 2.38. The highest BCUT2D eigenvalue weighted by atomic mass is 32.1. The van der Waals surface area contributed by atoms with Crippen LogP contribution in [0.2, 0.25) is 0 Å². The van der Waals surface area contributed by atoms with Crippen LogP contribution in [-0.2, 0) is 0 Å². The summed E-state index contributed by atoms with van der Waals surface area (Å²) in [4.78, 5) is 12.4. The van der Waals surface area contributed by atoms with Gasteiger partial charge in [-0.15, -0.1) is 11.3 Å². The number of fused-ring (bicyclic) bond motifs is 2. The SMILES string of the molecule is Cc1cc(O)c2c(=O)c3ccccc3sc2c1C. The van der Waals surface area contributed by atoms with Crippen LogP contribution in [0, 0.1) is 13.8 Å². The Morgan fingerprint density at radius 2 is 1.89 bits per heavy atom. The van der Waals surface area contributed by atoms with E-state index in [2.05, 4.69) is 0 Å². The van der Waals surface area contributed by atoms with Gasteiger partial charge in [0.1, 0.15) is 5.75 Å². The Bertz CT molecular complexity index is 831. The molecule has 0 spiro atoms. The molecule has 0 fully saturated rings. The molecular formula is C15H12O2S. The van der Waals surface area contributed by atoms with Gasteiger partial charge in [0, 0.05) is 14.8 Å². The Morgan fingerprint density at radius 3 is 2.67 bits per heavy atom. The average Bonchev–Trinajstić information content (AvgIpc) is 2.36. The molecule has 0 bridgehead atoms. The number of phenols is 1. The van der Waals surface area contributed by atoms with E-state index in [-0.39, 0.29) is 11.2 Å². The highest BCUT2D eigenvalue weighted by Gasteiger charge is 2.12. The minimum absolute atomic E-state index is 0.0834. The summed E-state index contributed by atoms with van der Waals surface area (Å²) in [5, 5.41) is 11.1. The first-order valence-corrected chi connectivity index (χ1v) is 6.56. The third kappa shape index (κ3) is 1.44. The van der Waals surface area contributed by atoms with E-state index in [1.54, 1.807) is 17.4 Å². The summed E-state index contributed by atoms with van der Waals surface area (Å²) >= 11 is 1.56. The molecule has 0 aliphatic rings. The molecule has 0 aliphatic carbocycles. The van der Waals surface area contributed by atoms with E-state index in [9.17, 15) is 9.90 Å². The first-order chi connectivity index (χ1) is 8.59. The van der Waals surface area contributed by atoms with Crippen LogP contribution in [0.4, 0.5) is 0 Å². The zero-order valence-corrected chi connectivity index (χ0v) is 11.0. The van der Waals surface area contributed by atoms with E-state index in [0.29, 0.717) is 10.8 Å². The lowest BCUT2D eigenvalue weighted by atomic mass is 10.1. The highest BCUT2D eigenvalue weighted by molar-refractivity contribution is 7.24. The molecule has 0 atom stereocenters. The van der Waals surface area contributed by atoms with Crippen molar-refractivity contribution in [2.45, 2.75) is 13.8 Å². The van der Waals surface area contributed by atoms with Crippen LogP contribution in [0.1, 0.15) is 11.1 Å².